The SMILES string of the molecule is Cc1cc(C(=O)N(C)CC(C)(C)CN)c(C)n1-c1ccc(F)cc1.Cl. The number of benzene rings is 1. The maximum absolute atomic E-state index is 13.2. The number of halogens is 2. The summed E-state index contributed by atoms with van der Waals surface area (Å²) in [6, 6.07) is 8.15. The van der Waals surface area contributed by atoms with Gasteiger partial charge in [0.2, 0.25) is 0 Å². The van der Waals surface area contributed by atoms with Gasteiger partial charge in [-0.1, -0.05) is 13.8 Å². The maximum Gasteiger partial charge on any atom is 0.255 e. The molecule has 0 bridgehead atoms. The molecule has 2 aromatic rings. The van der Waals surface area contributed by atoms with Crippen molar-refractivity contribution in [3.05, 3.63) is 53.1 Å². The molecule has 0 fully saturated rings. The molecule has 25 heavy (non-hydrogen) atoms. The van der Waals surface area contributed by atoms with Crippen molar-refractivity contribution in [2.75, 3.05) is 20.1 Å². The number of carbonyl (C=O) groups is 1. The number of hydrogen-bond donors (Lipinski definition) is 1. The Bertz CT molecular complexity index is 738. The van der Waals surface area contributed by atoms with Crippen LogP contribution in [0.2, 0.25) is 0 Å². The second kappa shape index (κ2) is 8.02. The maximum atomic E-state index is 13.2. The van der Waals surface area contributed by atoms with Gasteiger partial charge < -0.3 is 15.2 Å². The quantitative estimate of drug-likeness (QED) is 0.875. The number of rotatable bonds is 5. The van der Waals surface area contributed by atoms with Crippen LogP contribution in [0.15, 0.2) is 30.3 Å². The van der Waals surface area contributed by atoms with Crippen LogP contribution >= 0.6 is 12.4 Å². The van der Waals surface area contributed by atoms with Crippen molar-refractivity contribution in [2.24, 2.45) is 11.1 Å². The Kier molecular flexibility index (Phi) is 6.80. The lowest BCUT2D eigenvalue weighted by Gasteiger charge is -2.29. The molecule has 0 aliphatic heterocycles. The van der Waals surface area contributed by atoms with Gasteiger partial charge in [0.1, 0.15) is 5.82 Å². The summed E-state index contributed by atoms with van der Waals surface area (Å²) < 4.78 is 15.1. The third kappa shape index (κ3) is 4.61. The molecule has 0 saturated carbocycles. The monoisotopic (exact) mass is 367 g/mol. The first kappa shape index (κ1) is 21.2. The number of nitrogens with two attached hydrogens (primary N) is 1. The van der Waals surface area contributed by atoms with Crippen LogP contribution in [0.5, 0.6) is 0 Å². The highest BCUT2D eigenvalue weighted by Gasteiger charge is 2.24. The lowest BCUT2D eigenvalue weighted by Crippen LogP contribution is -2.39. The number of amides is 1. The fraction of sp³-hybridized carbons (Fsp3) is 0.421. The molecule has 1 aromatic heterocycles. The molecule has 0 saturated heterocycles. The summed E-state index contributed by atoms with van der Waals surface area (Å²) in [5, 5.41) is 0. The van der Waals surface area contributed by atoms with E-state index in [-0.39, 0.29) is 29.5 Å². The standard InChI is InChI=1S/C19H26FN3O.ClH/c1-13-10-17(18(24)22(5)12-19(3,4)11-21)14(2)23(13)16-8-6-15(20)7-9-16;/h6-10H,11-12,21H2,1-5H3;1H. The number of nitrogens with zero attached hydrogens (tertiary/aromatic N) is 2. The minimum atomic E-state index is -0.277. The van der Waals surface area contributed by atoms with Crippen LogP contribution in [0.4, 0.5) is 4.39 Å². The van der Waals surface area contributed by atoms with Gasteiger partial charge in [0.15, 0.2) is 0 Å². The molecule has 2 rings (SSSR count). The third-order valence-corrected chi connectivity index (χ3v) is 4.31. The molecule has 138 valence electrons. The Balaban J connectivity index is 0.00000312. The number of aryl methyl sites for hydroxylation is 1. The van der Waals surface area contributed by atoms with E-state index in [0.717, 1.165) is 17.1 Å². The summed E-state index contributed by atoms with van der Waals surface area (Å²) in [5.41, 5.74) is 8.92. The molecule has 1 amide bonds. The highest BCUT2D eigenvalue weighted by Crippen LogP contribution is 2.23. The van der Waals surface area contributed by atoms with Crippen molar-refractivity contribution in [2.45, 2.75) is 27.7 Å². The Morgan fingerprint density at radius 3 is 2.32 bits per heavy atom. The van der Waals surface area contributed by atoms with E-state index in [2.05, 4.69) is 0 Å². The summed E-state index contributed by atoms with van der Waals surface area (Å²) in [5.74, 6) is -0.306. The first-order valence-corrected chi connectivity index (χ1v) is 8.07. The molecule has 1 aromatic carbocycles. The topological polar surface area (TPSA) is 51.3 Å². The summed E-state index contributed by atoms with van der Waals surface area (Å²) in [6.07, 6.45) is 0. The third-order valence-electron chi connectivity index (χ3n) is 4.31. The molecule has 0 spiro atoms. The molecule has 2 N–H and O–H groups in total. The van der Waals surface area contributed by atoms with Crippen LogP contribution in [0.1, 0.15) is 35.6 Å². The molecular formula is C19H27ClFN3O. The van der Waals surface area contributed by atoms with Gasteiger partial charge in [0.05, 0.1) is 5.56 Å². The molecular weight excluding hydrogens is 341 g/mol. The molecule has 0 radical (unpaired) electrons. The predicted octanol–water partition coefficient (Wildman–Crippen LogP) is 3.71. The molecule has 0 aliphatic carbocycles. The van der Waals surface area contributed by atoms with Crippen molar-refractivity contribution in [3.8, 4) is 5.69 Å². The van der Waals surface area contributed by atoms with Gasteiger partial charge >= 0.3 is 0 Å². The van der Waals surface area contributed by atoms with Crippen molar-refractivity contribution >= 4 is 18.3 Å². The smallest absolute Gasteiger partial charge is 0.255 e. The molecule has 6 heteroatoms. The van der Waals surface area contributed by atoms with Crippen LogP contribution in [0.25, 0.3) is 5.69 Å². The van der Waals surface area contributed by atoms with E-state index in [1.165, 1.54) is 12.1 Å². The van der Waals surface area contributed by atoms with Gasteiger partial charge in [-0.3, -0.25) is 4.79 Å². The van der Waals surface area contributed by atoms with Crippen molar-refractivity contribution in [1.29, 1.82) is 0 Å². The van der Waals surface area contributed by atoms with Crippen LogP contribution in [-0.4, -0.2) is 35.5 Å². The van der Waals surface area contributed by atoms with E-state index in [0.29, 0.717) is 18.7 Å². The van der Waals surface area contributed by atoms with Crippen molar-refractivity contribution < 1.29 is 9.18 Å². The molecule has 0 atom stereocenters. The van der Waals surface area contributed by atoms with Crippen LogP contribution in [0, 0.1) is 25.1 Å². The van der Waals surface area contributed by atoms with E-state index >= 15 is 0 Å². The van der Waals surface area contributed by atoms with E-state index < -0.39 is 0 Å². The van der Waals surface area contributed by atoms with Crippen LogP contribution in [-0.2, 0) is 0 Å². The molecule has 0 aliphatic rings. The van der Waals surface area contributed by atoms with E-state index in [9.17, 15) is 9.18 Å². The zero-order chi connectivity index (χ0) is 18.1. The number of aromatic nitrogens is 1. The van der Waals surface area contributed by atoms with Gasteiger partial charge in [-0.15, -0.1) is 12.4 Å². The zero-order valence-electron chi connectivity index (χ0n) is 15.5. The Hall–Kier alpha value is -1.85. The largest absolute Gasteiger partial charge is 0.341 e. The highest BCUT2D eigenvalue weighted by molar-refractivity contribution is 5.95. The minimum absolute atomic E-state index is 0. The Morgan fingerprint density at radius 2 is 1.80 bits per heavy atom. The van der Waals surface area contributed by atoms with Gasteiger partial charge in [-0.05, 0) is 56.1 Å². The van der Waals surface area contributed by atoms with Gasteiger partial charge in [0.25, 0.3) is 5.91 Å². The highest BCUT2D eigenvalue weighted by atomic mass is 35.5. The molecule has 1 heterocycles. The predicted molar refractivity (Wildman–Crippen MR) is 102 cm³/mol. The Morgan fingerprint density at radius 1 is 1.24 bits per heavy atom. The minimum Gasteiger partial charge on any atom is -0.341 e. The number of carbonyl (C=O) groups excluding carboxylic acids is 1. The van der Waals surface area contributed by atoms with Crippen molar-refractivity contribution in [3.63, 3.8) is 0 Å². The van der Waals surface area contributed by atoms with E-state index in [1.807, 2.05) is 38.3 Å². The first-order chi connectivity index (χ1) is 11.2. The normalized spacial score (nSPS) is 11.2. The van der Waals surface area contributed by atoms with Crippen molar-refractivity contribution in [1.82, 2.24) is 9.47 Å². The summed E-state index contributed by atoms with van der Waals surface area (Å²) in [4.78, 5) is 14.5. The van der Waals surface area contributed by atoms with E-state index in [4.69, 9.17) is 5.73 Å². The van der Waals surface area contributed by atoms with Gasteiger partial charge in [-0.2, -0.15) is 0 Å². The second-order valence-electron chi connectivity index (χ2n) is 7.13. The average molecular weight is 368 g/mol. The zero-order valence-corrected chi connectivity index (χ0v) is 16.3. The fourth-order valence-corrected chi connectivity index (χ4v) is 2.95. The van der Waals surface area contributed by atoms with Crippen LogP contribution < -0.4 is 5.73 Å². The Labute approximate surface area is 155 Å². The number of hydrogen-bond acceptors (Lipinski definition) is 2. The van der Waals surface area contributed by atoms with Gasteiger partial charge in [0, 0.05) is 30.7 Å². The molecule has 4 nitrogen and oxygen atoms in total. The lowest BCUT2D eigenvalue weighted by atomic mass is 9.93. The first-order valence-electron chi connectivity index (χ1n) is 8.07. The summed E-state index contributed by atoms with van der Waals surface area (Å²) >= 11 is 0. The van der Waals surface area contributed by atoms with Crippen LogP contribution in [0.3, 0.4) is 0 Å². The second-order valence-corrected chi connectivity index (χ2v) is 7.13. The fourth-order valence-electron chi connectivity index (χ4n) is 2.95. The van der Waals surface area contributed by atoms with Gasteiger partial charge in [-0.25, -0.2) is 4.39 Å². The summed E-state index contributed by atoms with van der Waals surface area (Å²) in [7, 11) is 1.80. The average Bonchev–Trinajstić information content (AvgIpc) is 2.82. The summed E-state index contributed by atoms with van der Waals surface area (Å²) in [6.45, 7) is 9.03. The van der Waals surface area contributed by atoms with E-state index in [1.54, 1.807) is 24.1 Å². The lowest BCUT2D eigenvalue weighted by molar-refractivity contribution is 0.0740. The molecule has 0 unspecified atom stereocenters.